The van der Waals surface area contributed by atoms with Crippen LogP contribution in [-0.2, 0) is 22.6 Å². The molecule has 0 unspecified atom stereocenters. The molecular weight excluding hydrogens is 587 g/mol. The van der Waals surface area contributed by atoms with E-state index in [1.807, 2.05) is 43.4 Å². The van der Waals surface area contributed by atoms with Crippen LogP contribution >= 0.6 is 0 Å². The number of sulfonamides is 1. The van der Waals surface area contributed by atoms with E-state index in [9.17, 15) is 21.6 Å². The van der Waals surface area contributed by atoms with Gasteiger partial charge >= 0.3 is 6.18 Å². The molecule has 0 amide bonds. The Morgan fingerprint density at radius 2 is 1.52 bits per heavy atom. The first kappa shape index (κ1) is 29.8. The topological polar surface area (TPSA) is 62.7 Å². The highest BCUT2D eigenvalue weighted by Gasteiger charge is 2.34. The predicted octanol–water partition coefficient (Wildman–Crippen LogP) is 7.24. The maximum Gasteiger partial charge on any atom is 0.418 e. The lowest BCUT2D eigenvalue weighted by Crippen LogP contribution is -2.46. The zero-order valence-corrected chi connectivity index (χ0v) is 24.8. The van der Waals surface area contributed by atoms with Gasteiger partial charge in [0.05, 0.1) is 16.0 Å². The van der Waals surface area contributed by atoms with E-state index in [2.05, 4.69) is 9.88 Å². The van der Waals surface area contributed by atoms with Gasteiger partial charge < -0.3 is 9.64 Å². The van der Waals surface area contributed by atoms with Crippen molar-refractivity contribution in [1.82, 2.24) is 14.2 Å². The highest BCUT2D eigenvalue weighted by Crippen LogP contribution is 2.40. The molecular formula is C34H30F3N3O3S. The largest absolute Gasteiger partial charge is 0.457 e. The summed E-state index contributed by atoms with van der Waals surface area (Å²) in [4.78, 5) is 6.56. The lowest BCUT2D eigenvalue weighted by molar-refractivity contribution is -0.136. The zero-order valence-electron chi connectivity index (χ0n) is 24.0. The van der Waals surface area contributed by atoms with E-state index in [0.29, 0.717) is 60.6 Å². The first-order valence-corrected chi connectivity index (χ1v) is 15.6. The van der Waals surface area contributed by atoms with Crippen molar-refractivity contribution in [2.45, 2.75) is 17.5 Å². The number of halogens is 3. The molecule has 0 atom stereocenters. The number of para-hydroxylation sites is 1. The minimum atomic E-state index is -4.56. The number of hydrogen-bond acceptors (Lipinski definition) is 5. The van der Waals surface area contributed by atoms with Crippen molar-refractivity contribution < 1.29 is 26.3 Å². The molecule has 1 fully saturated rings. The number of aromatic nitrogens is 1. The molecule has 4 aromatic carbocycles. The second kappa shape index (κ2) is 12.0. The fourth-order valence-electron chi connectivity index (χ4n) is 5.49. The first-order valence-electron chi connectivity index (χ1n) is 14.2. The number of rotatable bonds is 7. The number of pyridine rings is 1. The summed E-state index contributed by atoms with van der Waals surface area (Å²) < 4.78 is 75.6. The van der Waals surface area contributed by atoms with Crippen molar-refractivity contribution in [2.75, 3.05) is 33.2 Å². The molecule has 0 aliphatic carbocycles. The number of alkyl halides is 3. The molecule has 1 aromatic heterocycles. The predicted molar refractivity (Wildman–Crippen MR) is 164 cm³/mol. The number of benzene rings is 4. The molecule has 1 saturated heterocycles. The van der Waals surface area contributed by atoms with Gasteiger partial charge in [-0.05, 0) is 78.2 Å². The Morgan fingerprint density at radius 1 is 0.818 bits per heavy atom. The van der Waals surface area contributed by atoms with Crippen molar-refractivity contribution >= 4 is 20.9 Å². The van der Waals surface area contributed by atoms with Crippen LogP contribution in [0.3, 0.4) is 0 Å². The summed E-state index contributed by atoms with van der Waals surface area (Å²) in [5.74, 6) is 0.891. The summed E-state index contributed by atoms with van der Waals surface area (Å²) in [6.07, 6.45) is -2.56. The number of piperazine rings is 1. The summed E-state index contributed by atoms with van der Waals surface area (Å²) in [6.45, 7) is 2.22. The van der Waals surface area contributed by atoms with Crippen molar-refractivity contribution in [3.05, 3.63) is 120 Å². The van der Waals surface area contributed by atoms with Gasteiger partial charge in [0.25, 0.3) is 0 Å². The number of likely N-dealkylation sites (N-methyl/N-ethyl adjacent to an activating group) is 1. The smallest absolute Gasteiger partial charge is 0.418 e. The summed E-state index contributed by atoms with van der Waals surface area (Å²) >= 11 is 0. The monoisotopic (exact) mass is 617 g/mol. The first-order chi connectivity index (χ1) is 21.1. The Balaban J connectivity index is 1.34. The van der Waals surface area contributed by atoms with Gasteiger partial charge in [-0.15, -0.1) is 0 Å². The third-order valence-electron chi connectivity index (χ3n) is 7.80. The zero-order chi connectivity index (χ0) is 30.9. The molecule has 0 bridgehead atoms. The molecule has 1 aliphatic heterocycles. The normalized spacial score (nSPS) is 15.0. The molecule has 0 radical (unpaired) electrons. The van der Waals surface area contributed by atoms with Gasteiger partial charge in [0.2, 0.25) is 10.0 Å². The molecule has 0 saturated carbocycles. The Morgan fingerprint density at radius 3 is 2.23 bits per heavy atom. The average Bonchev–Trinajstić information content (AvgIpc) is 3.01. The van der Waals surface area contributed by atoms with E-state index in [4.69, 9.17) is 4.74 Å². The minimum absolute atomic E-state index is 0.115. The van der Waals surface area contributed by atoms with Crippen LogP contribution in [0, 0.1) is 0 Å². The number of hydrogen-bond donors (Lipinski definition) is 0. The molecule has 5 aromatic rings. The maximum absolute atomic E-state index is 13.9. The highest BCUT2D eigenvalue weighted by molar-refractivity contribution is 7.89. The standard InChI is InChI=1S/C34H30F3N3O3S/c1-39-17-19-40(20-18-39)44(41,42)29-15-13-27(14-16-29)43-28-10-5-9-25(22-28)32-26(21-24-7-3-2-4-8-24)23-38-33-30(32)11-6-12-31(33)34(35,36)37/h2-16,22-23H,17-21H2,1H3. The lowest BCUT2D eigenvalue weighted by atomic mass is 9.92. The van der Waals surface area contributed by atoms with E-state index < -0.39 is 21.8 Å². The maximum atomic E-state index is 13.9. The second-order valence-electron chi connectivity index (χ2n) is 10.8. The van der Waals surface area contributed by atoms with Gasteiger partial charge in [-0.3, -0.25) is 4.98 Å². The van der Waals surface area contributed by atoms with Gasteiger partial charge in [0.15, 0.2) is 0 Å². The number of nitrogens with zero attached hydrogens (tertiary/aromatic N) is 3. The quantitative estimate of drug-likeness (QED) is 0.193. The molecule has 10 heteroatoms. The molecule has 6 rings (SSSR count). The van der Waals surface area contributed by atoms with Gasteiger partial charge in [0.1, 0.15) is 11.5 Å². The molecule has 226 valence electrons. The lowest BCUT2D eigenvalue weighted by Gasteiger charge is -2.31. The van der Waals surface area contributed by atoms with E-state index in [1.165, 1.54) is 28.7 Å². The molecule has 0 N–H and O–H groups in total. The fourth-order valence-corrected chi connectivity index (χ4v) is 6.91. The van der Waals surface area contributed by atoms with Crippen LogP contribution in [-0.4, -0.2) is 55.8 Å². The summed E-state index contributed by atoms with van der Waals surface area (Å²) in [7, 11) is -1.65. The van der Waals surface area contributed by atoms with Crippen LogP contribution in [0.2, 0.25) is 0 Å². The van der Waals surface area contributed by atoms with Gasteiger partial charge in [0, 0.05) is 37.8 Å². The average molecular weight is 618 g/mol. The van der Waals surface area contributed by atoms with E-state index in [1.54, 1.807) is 36.4 Å². The van der Waals surface area contributed by atoms with Crippen molar-refractivity contribution in [2.24, 2.45) is 0 Å². The Labute approximate surface area is 254 Å². The summed E-state index contributed by atoms with van der Waals surface area (Å²) in [5.41, 5.74) is 2.19. The molecule has 44 heavy (non-hydrogen) atoms. The van der Waals surface area contributed by atoms with Crippen LogP contribution in [0.15, 0.2) is 108 Å². The highest BCUT2D eigenvalue weighted by atomic mass is 32.2. The van der Waals surface area contributed by atoms with Crippen molar-refractivity contribution in [3.63, 3.8) is 0 Å². The Hall–Kier alpha value is -4.25. The number of fused-ring (bicyclic) bond motifs is 1. The molecule has 1 aliphatic rings. The van der Waals surface area contributed by atoms with Gasteiger partial charge in [-0.1, -0.05) is 54.6 Å². The second-order valence-corrected chi connectivity index (χ2v) is 12.8. The Bertz CT molecular complexity index is 1890. The van der Waals surface area contributed by atoms with Crippen molar-refractivity contribution in [3.8, 4) is 22.6 Å². The van der Waals surface area contributed by atoms with Crippen LogP contribution in [0.5, 0.6) is 11.5 Å². The van der Waals surface area contributed by atoms with Crippen molar-refractivity contribution in [1.29, 1.82) is 0 Å². The Kier molecular flexibility index (Phi) is 8.15. The van der Waals surface area contributed by atoms with Crippen LogP contribution in [0.1, 0.15) is 16.7 Å². The van der Waals surface area contributed by atoms with Crippen LogP contribution in [0.25, 0.3) is 22.0 Å². The molecule has 6 nitrogen and oxygen atoms in total. The SMILES string of the molecule is CN1CCN(S(=O)(=O)c2ccc(Oc3cccc(-c4c(Cc5ccccc5)cnc5c(C(F)(F)F)cccc45)c3)cc2)CC1. The third-order valence-corrected chi connectivity index (χ3v) is 9.71. The van der Waals surface area contributed by atoms with Gasteiger partial charge in [-0.25, -0.2) is 8.42 Å². The third kappa shape index (κ3) is 6.19. The fraction of sp³-hybridized carbons (Fsp3) is 0.206. The van der Waals surface area contributed by atoms with E-state index >= 15 is 0 Å². The van der Waals surface area contributed by atoms with E-state index in [0.717, 1.165) is 17.2 Å². The molecule has 2 heterocycles. The van der Waals surface area contributed by atoms with E-state index in [-0.39, 0.29) is 10.4 Å². The summed E-state index contributed by atoms with van der Waals surface area (Å²) in [6, 6.07) is 27.2. The van der Waals surface area contributed by atoms with Crippen LogP contribution < -0.4 is 4.74 Å². The summed E-state index contributed by atoms with van der Waals surface area (Å²) in [5, 5.41) is 0.392. The molecule has 0 spiro atoms. The van der Waals surface area contributed by atoms with Gasteiger partial charge in [-0.2, -0.15) is 17.5 Å². The number of ether oxygens (including phenoxy) is 1. The van der Waals surface area contributed by atoms with Crippen LogP contribution in [0.4, 0.5) is 13.2 Å². The minimum Gasteiger partial charge on any atom is -0.457 e.